The number of nitrogens with one attached hydrogen (secondary N) is 2. The first-order valence-electron chi connectivity index (χ1n) is 11.0. The molecule has 0 atom stereocenters. The number of halogens is 1. The highest BCUT2D eigenvalue weighted by Crippen LogP contribution is 2.28. The molecule has 0 radical (unpaired) electrons. The zero-order chi connectivity index (χ0) is 24.1. The van der Waals surface area contributed by atoms with Crippen LogP contribution >= 0.6 is 22.9 Å². The van der Waals surface area contributed by atoms with E-state index in [0.29, 0.717) is 38.8 Å². The van der Waals surface area contributed by atoms with Gasteiger partial charge in [-0.15, -0.1) is 0 Å². The Kier molecular flexibility index (Phi) is 7.71. The van der Waals surface area contributed by atoms with E-state index in [1.807, 2.05) is 32.0 Å². The third-order valence-corrected chi connectivity index (χ3v) is 6.74. The molecule has 1 saturated heterocycles. The third-order valence-electron chi connectivity index (χ3n) is 5.51. The first-order valence-corrected chi connectivity index (χ1v) is 12.2. The molecule has 178 valence electrons. The number of carbonyl (C=O) groups is 2. The molecule has 11 heteroatoms. The quantitative estimate of drug-likeness (QED) is 0.450. The van der Waals surface area contributed by atoms with Crippen LogP contribution in [-0.2, 0) is 4.79 Å². The monoisotopic (exact) mass is 499 g/mol. The second-order valence-electron chi connectivity index (χ2n) is 7.98. The SMILES string of the molecule is Cc1nc(Nc2ncc(C(=O)Nc3c(C)cccc3Cl)s2)cc(N2CCN(CCC=O)CC2)n1. The smallest absolute Gasteiger partial charge is 0.267 e. The maximum atomic E-state index is 12.7. The normalized spacial score (nSPS) is 14.1. The minimum atomic E-state index is -0.270. The molecule has 1 aliphatic heterocycles. The van der Waals surface area contributed by atoms with E-state index in [0.717, 1.165) is 50.4 Å². The summed E-state index contributed by atoms with van der Waals surface area (Å²) >= 11 is 7.46. The van der Waals surface area contributed by atoms with Crippen molar-refractivity contribution in [3.8, 4) is 0 Å². The van der Waals surface area contributed by atoms with Gasteiger partial charge in [0.25, 0.3) is 5.91 Å². The van der Waals surface area contributed by atoms with Crippen LogP contribution in [-0.4, -0.2) is 64.8 Å². The van der Waals surface area contributed by atoms with Gasteiger partial charge in [0.05, 0.1) is 16.9 Å². The van der Waals surface area contributed by atoms with E-state index in [1.54, 1.807) is 6.07 Å². The molecule has 1 aromatic carbocycles. The maximum Gasteiger partial charge on any atom is 0.267 e. The van der Waals surface area contributed by atoms with Crippen LogP contribution in [0.4, 0.5) is 22.5 Å². The minimum Gasteiger partial charge on any atom is -0.354 e. The van der Waals surface area contributed by atoms with Gasteiger partial charge in [-0.05, 0) is 25.5 Å². The van der Waals surface area contributed by atoms with Crippen LogP contribution in [0.25, 0.3) is 0 Å². The van der Waals surface area contributed by atoms with Gasteiger partial charge in [-0.1, -0.05) is 35.1 Å². The highest BCUT2D eigenvalue weighted by atomic mass is 35.5. The molecule has 1 amide bonds. The van der Waals surface area contributed by atoms with Crippen LogP contribution in [0.1, 0.15) is 27.5 Å². The molecule has 3 aromatic rings. The average molecular weight is 500 g/mol. The van der Waals surface area contributed by atoms with E-state index < -0.39 is 0 Å². The van der Waals surface area contributed by atoms with E-state index in [9.17, 15) is 9.59 Å². The summed E-state index contributed by atoms with van der Waals surface area (Å²) in [7, 11) is 0. The number of aldehydes is 1. The number of thiazole rings is 1. The molecule has 34 heavy (non-hydrogen) atoms. The van der Waals surface area contributed by atoms with Crippen molar-refractivity contribution in [1.82, 2.24) is 19.9 Å². The summed E-state index contributed by atoms with van der Waals surface area (Å²) in [5.74, 6) is 1.84. The molecule has 2 N–H and O–H groups in total. The molecule has 0 aliphatic carbocycles. The van der Waals surface area contributed by atoms with Crippen molar-refractivity contribution in [2.45, 2.75) is 20.3 Å². The molecule has 4 rings (SSSR count). The molecule has 1 aliphatic rings. The van der Waals surface area contributed by atoms with E-state index >= 15 is 0 Å². The Morgan fingerprint density at radius 1 is 1.21 bits per heavy atom. The Bertz CT molecular complexity index is 1160. The number of hydrogen-bond donors (Lipinski definition) is 2. The first kappa shape index (κ1) is 24.1. The van der Waals surface area contributed by atoms with Crippen molar-refractivity contribution in [2.24, 2.45) is 0 Å². The van der Waals surface area contributed by atoms with Crippen molar-refractivity contribution < 1.29 is 9.59 Å². The summed E-state index contributed by atoms with van der Waals surface area (Å²) in [6, 6.07) is 7.36. The van der Waals surface area contributed by atoms with Crippen molar-refractivity contribution in [2.75, 3.05) is 48.3 Å². The fourth-order valence-corrected chi connectivity index (χ4v) is 4.71. The summed E-state index contributed by atoms with van der Waals surface area (Å²) in [5.41, 5.74) is 1.48. The summed E-state index contributed by atoms with van der Waals surface area (Å²) < 4.78 is 0. The van der Waals surface area contributed by atoms with Crippen LogP contribution in [0.5, 0.6) is 0 Å². The number of benzene rings is 1. The Hall–Kier alpha value is -3.08. The molecule has 3 heterocycles. The number of para-hydroxylation sites is 1. The van der Waals surface area contributed by atoms with Gasteiger partial charge in [0.15, 0.2) is 5.13 Å². The molecular formula is C23H26ClN7O2S. The number of anilines is 4. The second kappa shape index (κ2) is 10.9. The Balaban J connectivity index is 1.41. The van der Waals surface area contributed by atoms with E-state index in [1.165, 1.54) is 17.5 Å². The number of hydrogen-bond acceptors (Lipinski definition) is 9. The van der Waals surface area contributed by atoms with Gasteiger partial charge in [0.1, 0.15) is 28.6 Å². The van der Waals surface area contributed by atoms with Gasteiger partial charge in [-0.3, -0.25) is 9.69 Å². The van der Waals surface area contributed by atoms with E-state index in [4.69, 9.17) is 11.6 Å². The third kappa shape index (κ3) is 5.88. The fraction of sp³-hybridized carbons (Fsp3) is 0.348. The standard InChI is InChI=1S/C23H26ClN7O2S/c1-15-5-3-6-17(24)21(15)29-22(33)18-14-25-23(34-18)28-19-13-20(27-16(2)26-19)31-10-8-30(9-11-31)7-4-12-32/h3,5-6,12-14H,4,7-11H2,1-2H3,(H,29,33)(H,25,26,27,28). The highest BCUT2D eigenvalue weighted by Gasteiger charge is 2.19. The van der Waals surface area contributed by atoms with Gasteiger partial charge in [0, 0.05) is 45.2 Å². The molecule has 2 aromatic heterocycles. The van der Waals surface area contributed by atoms with Gasteiger partial charge in [-0.2, -0.15) is 0 Å². The van der Waals surface area contributed by atoms with Crippen molar-refractivity contribution in [3.05, 3.63) is 51.7 Å². The lowest BCUT2D eigenvalue weighted by atomic mass is 10.2. The minimum absolute atomic E-state index is 0.270. The van der Waals surface area contributed by atoms with Crippen LogP contribution in [0.3, 0.4) is 0 Å². The molecule has 0 bridgehead atoms. The topological polar surface area (TPSA) is 103 Å². The number of aromatic nitrogens is 3. The fourth-order valence-electron chi connectivity index (χ4n) is 3.73. The number of rotatable bonds is 8. The zero-order valence-electron chi connectivity index (χ0n) is 19.0. The van der Waals surface area contributed by atoms with Crippen LogP contribution in [0.15, 0.2) is 30.5 Å². The van der Waals surface area contributed by atoms with Crippen molar-refractivity contribution >= 4 is 57.6 Å². The number of amides is 1. The predicted molar refractivity (Wildman–Crippen MR) is 136 cm³/mol. The predicted octanol–water partition coefficient (Wildman–Crippen LogP) is 3.91. The molecule has 9 nitrogen and oxygen atoms in total. The van der Waals surface area contributed by atoms with Gasteiger partial charge < -0.3 is 20.3 Å². The summed E-state index contributed by atoms with van der Waals surface area (Å²) in [4.78, 5) is 41.7. The van der Waals surface area contributed by atoms with Crippen molar-refractivity contribution in [1.29, 1.82) is 0 Å². The Morgan fingerprint density at radius 2 is 2.00 bits per heavy atom. The van der Waals surface area contributed by atoms with Crippen LogP contribution < -0.4 is 15.5 Å². The van der Waals surface area contributed by atoms with Crippen molar-refractivity contribution in [3.63, 3.8) is 0 Å². The number of nitrogens with zero attached hydrogens (tertiary/aromatic N) is 5. The lowest BCUT2D eigenvalue weighted by Crippen LogP contribution is -2.47. The first-order chi connectivity index (χ1) is 16.4. The van der Waals surface area contributed by atoms with Gasteiger partial charge in [-0.25, -0.2) is 15.0 Å². The molecule has 0 unspecified atom stereocenters. The van der Waals surface area contributed by atoms with E-state index in [-0.39, 0.29) is 5.91 Å². The lowest BCUT2D eigenvalue weighted by molar-refractivity contribution is -0.108. The second-order valence-corrected chi connectivity index (χ2v) is 9.42. The van der Waals surface area contributed by atoms with E-state index in [2.05, 4.69) is 35.4 Å². The summed E-state index contributed by atoms with van der Waals surface area (Å²) in [6.07, 6.45) is 3.05. The highest BCUT2D eigenvalue weighted by molar-refractivity contribution is 7.17. The van der Waals surface area contributed by atoms with Gasteiger partial charge in [0.2, 0.25) is 0 Å². The summed E-state index contributed by atoms with van der Waals surface area (Å²) in [5, 5.41) is 7.11. The Morgan fingerprint density at radius 3 is 2.74 bits per heavy atom. The zero-order valence-corrected chi connectivity index (χ0v) is 20.6. The molecular weight excluding hydrogens is 474 g/mol. The largest absolute Gasteiger partial charge is 0.354 e. The number of aryl methyl sites for hydroxylation is 2. The molecule has 0 spiro atoms. The summed E-state index contributed by atoms with van der Waals surface area (Å²) in [6.45, 7) is 7.96. The average Bonchev–Trinajstić information content (AvgIpc) is 3.28. The maximum absolute atomic E-state index is 12.7. The lowest BCUT2D eigenvalue weighted by Gasteiger charge is -2.35. The van der Waals surface area contributed by atoms with Crippen LogP contribution in [0.2, 0.25) is 5.02 Å². The number of carbonyl (C=O) groups excluding carboxylic acids is 2. The van der Waals surface area contributed by atoms with Gasteiger partial charge >= 0.3 is 0 Å². The molecule has 0 saturated carbocycles. The number of piperazine rings is 1. The van der Waals surface area contributed by atoms with Crippen LogP contribution in [0, 0.1) is 13.8 Å². The Labute approximate surface area is 207 Å². The molecule has 1 fully saturated rings.